The minimum atomic E-state index is -0.624. The van der Waals surface area contributed by atoms with Crippen LogP contribution in [0.1, 0.15) is 32.6 Å². The number of carbonyl (C=O) groups is 3. The van der Waals surface area contributed by atoms with Crippen molar-refractivity contribution in [2.24, 2.45) is 0 Å². The lowest BCUT2D eigenvalue weighted by molar-refractivity contribution is -0.137. The number of likely N-dealkylation sites (tertiary alicyclic amines) is 1. The van der Waals surface area contributed by atoms with Crippen LogP contribution in [0.15, 0.2) is 0 Å². The Bertz CT molecular complexity index is 275. The highest BCUT2D eigenvalue weighted by Gasteiger charge is 2.29. The second-order valence-corrected chi connectivity index (χ2v) is 3.48. The fraction of sp³-hybridized carbons (Fsp3) is 0.700. The van der Waals surface area contributed by atoms with Gasteiger partial charge in [0.2, 0.25) is 5.91 Å². The van der Waals surface area contributed by atoms with Crippen LogP contribution >= 0.6 is 0 Å². The topological polar surface area (TPSA) is 63.7 Å². The van der Waals surface area contributed by atoms with Gasteiger partial charge in [-0.3, -0.25) is 9.59 Å². The number of piperidine rings is 1. The van der Waals surface area contributed by atoms with E-state index in [2.05, 4.69) is 0 Å². The van der Waals surface area contributed by atoms with Crippen molar-refractivity contribution in [1.82, 2.24) is 4.90 Å². The van der Waals surface area contributed by atoms with Crippen LogP contribution in [0.2, 0.25) is 0 Å². The van der Waals surface area contributed by atoms with Crippen LogP contribution in [0.4, 0.5) is 4.79 Å². The summed E-state index contributed by atoms with van der Waals surface area (Å²) in [6.07, 6.45) is 1.16. The summed E-state index contributed by atoms with van der Waals surface area (Å²) < 4.78 is 4.88. The molecule has 5 nitrogen and oxygen atoms in total. The first-order valence-corrected chi connectivity index (χ1v) is 5.14. The molecule has 1 rings (SSSR count). The minimum Gasteiger partial charge on any atom is -0.449 e. The van der Waals surface area contributed by atoms with E-state index in [9.17, 15) is 14.4 Å². The van der Waals surface area contributed by atoms with Crippen LogP contribution in [0.5, 0.6) is 0 Å². The van der Waals surface area contributed by atoms with E-state index in [1.165, 1.54) is 0 Å². The summed E-state index contributed by atoms with van der Waals surface area (Å²) in [5, 5.41) is 0. The Balaban J connectivity index is 2.39. The summed E-state index contributed by atoms with van der Waals surface area (Å²) in [5.41, 5.74) is 0. The highest BCUT2D eigenvalue weighted by molar-refractivity contribution is 6.05. The third-order valence-corrected chi connectivity index (χ3v) is 2.21. The number of ketones is 1. The van der Waals surface area contributed by atoms with Gasteiger partial charge in [0.15, 0.2) is 0 Å². The number of hydrogen-bond acceptors (Lipinski definition) is 4. The molecule has 0 aromatic heterocycles. The van der Waals surface area contributed by atoms with E-state index in [1.54, 1.807) is 0 Å². The van der Waals surface area contributed by atoms with Crippen molar-refractivity contribution >= 4 is 17.8 Å². The molecule has 84 valence electrons. The fourth-order valence-corrected chi connectivity index (χ4v) is 1.29. The lowest BCUT2D eigenvalue weighted by atomic mass is 10.1. The lowest BCUT2D eigenvalue weighted by Gasteiger charge is -2.23. The second kappa shape index (κ2) is 5.48. The summed E-state index contributed by atoms with van der Waals surface area (Å²) in [5.74, 6) is -0.564. The van der Waals surface area contributed by atoms with Crippen LogP contribution in [0.25, 0.3) is 0 Å². The van der Waals surface area contributed by atoms with E-state index >= 15 is 0 Å². The first-order chi connectivity index (χ1) is 7.15. The zero-order valence-electron chi connectivity index (χ0n) is 8.82. The van der Waals surface area contributed by atoms with Gasteiger partial charge < -0.3 is 4.74 Å². The van der Waals surface area contributed by atoms with E-state index in [0.717, 1.165) is 17.7 Å². The first-order valence-electron chi connectivity index (χ1n) is 5.14. The number of Topliss-reactive ketones (excluding diaryl/α,β-unsaturated/α-hetero) is 1. The molecule has 2 amide bonds. The molecule has 1 heterocycles. The summed E-state index contributed by atoms with van der Waals surface area (Å²) in [7, 11) is 0. The maximum absolute atomic E-state index is 11.4. The van der Waals surface area contributed by atoms with Crippen molar-refractivity contribution in [3.8, 4) is 0 Å². The Morgan fingerprint density at radius 1 is 1.47 bits per heavy atom. The van der Waals surface area contributed by atoms with Gasteiger partial charge in [-0.25, -0.2) is 9.69 Å². The predicted molar refractivity (Wildman–Crippen MR) is 52.2 cm³/mol. The molecule has 0 N–H and O–H groups in total. The molecule has 1 aliphatic heterocycles. The van der Waals surface area contributed by atoms with Gasteiger partial charge >= 0.3 is 6.09 Å². The van der Waals surface area contributed by atoms with E-state index < -0.39 is 12.0 Å². The van der Waals surface area contributed by atoms with E-state index in [0.29, 0.717) is 6.61 Å². The standard InChI is InChI=1S/C10H15NO4/c1-2-3-6-15-10(14)11-5-4-8(12)7-9(11)13/h2-7H2,1H3. The molecule has 0 atom stereocenters. The van der Waals surface area contributed by atoms with Crippen LogP contribution in [-0.2, 0) is 14.3 Å². The maximum atomic E-state index is 11.4. The van der Waals surface area contributed by atoms with Crippen molar-refractivity contribution in [3.05, 3.63) is 0 Å². The third kappa shape index (κ3) is 3.34. The van der Waals surface area contributed by atoms with Gasteiger partial charge in [-0.15, -0.1) is 0 Å². The van der Waals surface area contributed by atoms with Crippen LogP contribution in [-0.4, -0.2) is 35.8 Å². The molecule has 15 heavy (non-hydrogen) atoms. The number of carbonyl (C=O) groups excluding carboxylic acids is 3. The largest absolute Gasteiger partial charge is 0.449 e. The number of ether oxygens (including phenoxy) is 1. The molecule has 1 aliphatic rings. The molecule has 1 fully saturated rings. The number of amides is 2. The van der Waals surface area contributed by atoms with Gasteiger partial charge in [-0.1, -0.05) is 13.3 Å². The zero-order chi connectivity index (χ0) is 11.3. The zero-order valence-corrected chi connectivity index (χ0v) is 8.82. The van der Waals surface area contributed by atoms with Gasteiger partial charge in [0.05, 0.1) is 13.0 Å². The summed E-state index contributed by atoms with van der Waals surface area (Å²) >= 11 is 0. The fourth-order valence-electron chi connectivity index (χ4n) is 1.29. The van der Waals surface area contributed by atoms with E-state index in [1.807, 2.05) is 6.92 Å². The van der Waals surface area contributed by atoms with Gasteiger partial charge in [0.1, 0.15) is 5.78 Å². The number of hydrogen-bond donors (Lipinski definition) is 0. The van der Waals surface area contributed by atoms with Crippen molar-refractivity contribution in [2.75, 3.05) is 13.2 Å². The Hall–Kier alpha value is -1.39. The molecule has 0 radical (unpaired) electrons. The van der Waals surface area contributed by atoms with Crippen molar-refractivity contribution in [3.63, 3.8) is 0 Å². The molecule has 0 aromatic rings. The van der Waals surface area contributed by atoms with Crippen molar-refractivity contribution in [1.29, 1.82) is 0 Å². The molecular formula is C10H15NO4. The normalized spacial score (nSPS) is 16.7. The predicted octanol–water partition coefficient (Wildman–Crippen LogP) is 1.11. The number of nitrogens with zero attached hydrogens (tertiary/aromatic N) is 1. The minimum absolute atomic E-state index is 0.113. The average Bonchev–Trinajstić information content (AvgIpc) is 2.17. The molecule has 5 heteroatoms. The van der Waals surface area contributed by atoms with Gasteiger partial charge in [-0.05, 0) is 6.42 Å². The molecule has 1 saturated heterocycles. The molecule has 0 unspecified atom stereocenters. The van der Waals surface area contributed by atoms with Gasteiger partial charge in [-0.2, -0.15) is 0 Å². The Morgan fingerprint density at radius 2 is 2.20 bits per heavy atom. The number of rotatable bonds is 3. The van der Waals surface area contributed by atoms with Gasteiger partial charge in [0.25, 0.3) is 0 Å². The Kier molecular flexibility index (Phi) is 4.27. The molecule has 0 saturated carbocycles. The molecular weight excluding hydrogens is 198 g/mol. The quantitative estimate of drug-likeness (QED) is 0.520. The molecule has 0 aliphatic carbocycles. The molecule has 0 spiro atoms. The van der Waals surface area contributed by atoms with E-state index in [-0.39, 0.29) is 25.2 Å². The van der Waals surface area contributed by atoms with Crippen LogP contribution in [0.3, 0.4) is 0 Å². The second-order valence-electron chi connectivity index (χ2n) is 3.48. The Labute approximate surface area is 88.4 Å². The maximum Gasteiger partial charge on any atom is 0.416 e. The smallest absolute Gasteiger partial charge is 0.416 e. The Morgan fingerprint density at radius 3 is 2.80 bits per heavy atom. The summed E-state index contributed by atoms with van der Waals surface area (Å²) in [6, 6.07) is 0. The highest BCUT2D eigenvalue weighted by Crippen LogP contribution is 2.09. The molecule has 0 bridgehead atoms. The lowest BCUT2D eigenvalue weighted by Crippen LogP contribution is -2.43. The monoisotopic (exact) mass is 213 g/mol. The van der Waals surface area contributed by atoms with E-state index in [4.69, 9.17) is 4.74 Å². The van der Waals surface area contributed by atoms with Crippen molar-refractivity contribution in [2.45, 2.75) is 32.6 Å². The number of imide groups is 1. The summed E-state index contributed by atoms with van der Waals surface area (Å²) in [6.45, 7) is 2.47. The molecule has 0 aromatic carbocycles. The van der Waals surface area contributed by atoms with Crippen molar-refractivity contribution < 1.29 is 19.1 Å². The van der Waals surface area contributed by atoms with Crippen LogP contribution in [0, 0.1) is 0 Å². The summed E-state index contributed by atoms with van der Waals surface area (Å²) in [4.78, 5) is 34.6. The first kappa shape index (κ1) is 11.7. The van der Waals surface area contributed by atoms with Gasteiger partial charge in [0, 0.05) is 13.0 Å². The van der Waals surface area contributed by atoms with Crippen LogP contribution < -0.4 is 0 Å². The average molecular weight is 213 g/mol. The SMILES string of the molecule is CCCCOC(=O)N1CCC(=O)CC1=O. The highest BCUT2D eigenvalue weighted by atomic mass is 16.6. The number of unbranched alkanes of at least 4 members (excludes halogenated alkanes) is 1. The third-order valence-electron chi connectivity index (χ3n) is 2.21.